The first kappa shape index (κ1) is 15.8. The van der Waals surface area contributed by atoms with Crippen molar-refractivity contribution in [3.05, 3.63) is 0 Å². The molecule has 98 valence electrons. The van der Waals surface area contributed by atoms with Crippen LogP contribution in [0.25, 0.3) is 0 Å². The van der Waals surface area contributed by atoms with Gasteiger partial charge in [-0.2, -0.15) is 0 Å². The van der Waals surface area contributed by atoms with E-state index in [4.69, 9.17) is 18.9 Å². The minimum Gasteiger partial charge on any atom is -0.396 e. The molecule has 0 aromatic carbocycles. The van der Waals surface area contributed by atoms with Crippen LogP contribution in [0.15, 0.2) is 0 Å². The predicted octanol–water partition coefficient (Wildman–Crippen LogP) is 0.311. The first-order valence-corrected chi connectivity index (χ1v) is 5.43. The zero-order chi connectivity index (χ0) is 12.3. The third kappa shape index (κ3) is 8.01. The van der Waals surface area contributed by atoms with Gasteiger partial charge < -0.3 is 24.1 Å². The quantitative estimate of drug-likeness (QED) is 0.523. The highest BCUT2D eigenvalue weighted by Gasteiger charge is 2.24. The van der Waals surface area contributed by atoms with Crippen LogP contribution in [0, 0.1) is 5.41 Å². The number of hydrogen-bond donors (Lipinski definition) is 1. The fourth-order valence-corrected chi connectivity index (χ4v) is 1.05. The zero-order valence-corrected chi connectivity index (χ0v) is 10.5. The van der Waals surface area contributed by atoms with Crippen molar-refractivity contribution in [3.8, 4) is 0 Å². The lowest BCUT2D eigenvalue weighted by Gasteiger charge is -2.26. The fraction of sp³-hybridized carbons (Fsp3) is 1.00. The van der Waals surface area contributed by atoms with Crippen LogP contribution in [-0.2, 0) is 18.9 Å². The summed E-state index contributed by atoms with van der Waals surface area (Å²) in [4.78, 5) is 0. The number of aliphatic hydroxyl groups excluding tert-OH is 1. The lowest BCUT2D eigenvalue weighted by atomic mass is 9.94. The highest BCUT2D eigenvalue weighted by molar-refractivity contribution is 4.72. The van der Waals surface area contributed by atoms with Gasteiger partial charge in [0.25, 0.3) is 0 Å². The third-order valence-corrected chi connectivity index (χ3v) is 2.15. The molecule has 0 aliphatic rings. The maximum Gasteiger partial charge on any atom is 0.0700 e. The van der Waals surface area contributed by atoms with Crippen LogP contribution in [0.4, 0.5) is 0 Å². The Morgan fingerprint density at radius 1 is 0.875 bits per heavy atom. The van der Waals surface area contributed by atoms with E-state index in [9.17, 15) is 5.11 Å². The predicted molar refractivity (Wildman–Crippen MR) is 60.6 cm³/mol. The molecule has 5 nitrogen and oxygen atoms in total. The molecule has 0 saturated carbocycles. The molecule has 0 spiro atoms. The van der Waals surface area contributed by atoms with Crippen molar-refractivity contribution in [1.29, 1.82) is 0 Å². The van der Waals surface area contributed by atoms with Gasteiger partial charge in [-0.3, -0.25) is 0 Å². The SMILES string of the molecule is COCCOCC(C)(CO)COCCOC. The Morgan fingerprint density at radius 3 is 1.62 bits per heavy atom. The summed E-state index contributed by atoms with van der Waals surface area (Å²) in [5.74, 6) is 0. The molecule has 1 N–H and O–H groups in total. The van der Waals surface area contributed by atoms with Gasteiger partial charge in [0.05, 0.1) is 46.2 Å². The summed E-state index contributed by atoms with van der Waals surface area (Å²) in [7, 11) is 3.25. The normalized spacial score (nSPS) is 12.0. The van der Waals surface area contributed by atoms with E-state index < -0.39 is 0 Å². The molecule has 0 amide bonds. The summed E-state index contributed by atoms with van der Waals surface area (Å²) in [5, 5.41) is 9.28. The number of ether oxygens (including phenoxy) is 4. The monoisotopic (exact) mass is 236 g/mol. The average Bonchev–Trinajstić information content (AvgIpc) is 2.31. The van der Waals surface area contributed by atoms with Crippen LogP contribution in [-0.4, -0.2) is 65.6 Å². The van der Waals surface area contributed by atoms with Gasteiger partial charge in [-0.1, -0.05) is 6.92 Å². The van der Waals surface area contributed by atoms with Gasteiger partial charge in [0.2, 0.25) is 0 Å². The van der Waals surface area contributed by atoms with E-state index in [2.05, 4.69) is 0 Å². The van der Waals surface area contributed by atoms with Crippen molar-refractivity contribution in [3.63, 3.8) is 0 Å². The fourth-order valence-electron chi connectivity index (χ4n) is 1.05. The van der Waals surface area contributed by atoms with Crippen LogP contribution >= 0.6 is 0 Å². The highest BCUT2D eigenvalue weighted by atomic mass is 16.5. The second-order valence-corrected chi connectivity index (χ2v) is 4.06. The number of aliphatic hydroxyl groups is 1. The molecule has 0 unspecified atom stereocenters. The Kier molecular flexibility index (Phi) is 9.86. The van der Waals surface area contributed by atoms with Gasteiger partial charge in [-0.25, -0.2) is 0 Å². The van der Waals surface area contributed by atoms with Crippen LogP contribution in [0.5, 0.6) is 0 Å². The van der Waals surface area contributed by atoms with Crippen LogP contribution in [0.2, 0.25) is 0 Å². The Hall–Kier alpha value is -0.200. The summed E-state index contributed by atoms with van der Waals surface area (Å²) in [6.07, 6.45) is 0. The van der Waals surface area contributed by atoms with E-state index in [0.29, 0.717) is 39.6 Å². The van der Waals surface area contributed by atoms with Gasteiger partial charge in [-0.15, -0.1) is 0 Å². The van der Waals surface area contributed by atoms with E-state index in [-0.39, 0.29) is 12.0 Å². The molecule has 0 heterocycles. The Morgan fingerprint density at radius 2 is 1.31 bits per heavy atom. The molecule has 16 heavy (non-hydrogen) atoms. The minimum absolute atomic E-state index is 0.0347. The molecular formula is C11H24O5. The molecule has 0 rings (SSSR count). The molecular weight excluding hydrogens is 212 g/mol. The summed E-state index contributed by atoms with van der Waals surface area (Å²) in [6, 6.07) is 0. The van der Waals surface area contributed by atoms with Gasteiger partial charge in [0.15, 0.2) is 0 Å². The molecule has 0 bridgehead atoms. The lowest BCUT2D eigenvalue weighted by Crippen LogP contribution is -2.34. The van der Waals surface area contributed by atoms with Crippen LogP contribution in [0.3, 0.4) is 0 Å². The molecule has 0 aliphatic carbocycles. The Bertz CT molecular complexity index is 139. The molecule has 0 saturated heterocycles. The van der Waals surface area contributed by atoms with Crippen molar-refractivity contribution >= 4 is 0 Å². The van der Waals surface area contributed by atoms with E-state index >= 15 is 0 Å². The molecule has 0 aliphatic heterocycles. The van der Waals surface area contributed by atoms with Crippen molar-refractivity contribution in [1.82, 2.24) is 0 Å². The molecule has 0 aromatic heterocycles. The summed E-state index contributed by atoms with van der Waals surface area (Å²) in [5.41, 5.74) is -0.360. The molecule has 0 atom stereocenters. The van der Waals surface area contributed by atoms with Gasteiger partial charge >= 0.3 is 0 Å². The summed E-state index contributed by atoms with van der Waals surface area (Å²) in [6.45, 7) is 5.06. The van der Waals surface area contributed by atoms with Crippen LogP contribution in [0.1, 0.15) is 6.92 Å². The zero-order valence-electron chi connectivity index (χ0n) is 10.5. The Balaban J connectivity index is 3.64. The largest absolute Gasteiger partial charge is 0.396 e. The van der Waals surface area contributed by atoms with E-state index in [1.54, 1.807) is 14.2 Å². The molecule has 0 aromatic rings. The smallest absolute Gasteiger partial charge is 0.0700 e. The van der Waals surface area contributed by atoms with Crippen molar-refractivity contribution in [2.45, 2.75) is 6.92 Å². The average molecular weight is 236 g/mol. The van der Waals surface area contributed by atoms with Gasteiger partial charge in [0, 0.05) is 19.6 Å². The highest BCUT2D eigenvalue weighted by Crippen LogP contribution is 2.16. The summed E-state index contributed by atoms with van der Waals surface area (Å²) < 4.78 is 20.5. The maximum absolute atomic E-state index is 9.28. The Labute approximate surface area is 97.6 Å². The first-order chi connectivity index (χ1) is 7.68. The van der Waals surface area contributed by atoms with Gasteiger partial charge in [0.1, 0.15) is 0 Å². The van der Waals surface area contributed by atoms with E-state index in [1.165, 1.54) is 0 Å². The first-order valence-electron chi connectivity index (χ1n) is 5.43. The topological polar surface area (TPSA) is 57.2 Å². The standard InChI is InChI=1S/C11H24O5/c1-11(8-12,9-15-6-4-13-2)10-16-7-5-14-3/h12H,4-10H2,1-3H3. The number of rotatable bonds is 11. The maximum atomic E-state index is 9.28. The van der Waals surface area contributed by atoms with Crippen molar-refractivity contribution in [2.24, 2.45) is 5.41 Å². The second-order valence-electron chi connectivity index (χ2n) is 4.06. The van der Waals surface area contributed by atoms with E-state index in [0.717, 1.165) is 0 Å². The van der Waals surface area contributed by atoms with Crippen molar-refractivity contribution in [2.75, 3.05) is 60.5 Å². The van der Waals surface area contributed by atoms with Gasteiger partial charge in [-0.05, 0) is 0 Å². The molecule has 0 fully saturated rings. The minimum atomic E-state index is -0.360. The summed E-state index contributed by atoms with van der Waals surface area (Å²) >= 11 is 0. The third-order valence-electron chi connectivity index (χ3n) is 2.15. The van der Waals surface area contributed by atoms with Crippen molar-refractivity contribution < 1.29 is 24.1 Å². The molecule has 0 radical (unpaired) electrons. The second kappa shape index (κ2) is 9.99. The van der Waals surface area contributed by atoms with Crippen LogP contribution < -0.4 is 0 Å². The lowest BCUT2D eigenvalue weighted by molar-refractivity contribution is -0.0551. The molecule has 5 heteroatoms. The van der Waals surface area contributed by atoms with E-state index in [1.807, 2.05) is 6.92 Å². The number of methoxy groups -OCH3 is 2. The number of hydrogen-bond acceptors (Lipinski definition) is 5.